The Morgan fingerprint density at radius 1 is 1.09 bits per heavy atom. The van der Waals surface area contributed by atoms with Gasteiger partial charge in [0.25, 0.3) is 0 Å². The summed E-state index contributed by atoms with van der Waals surface area (Å²) < 4.78 is 11.5. The molecule has 0 heterocycles. The number of aliphatic hydroxyl groups excluding tert-OH is 2. The maximum absolute atomic E-state index is 13.7. The molecule has 8 nitrogen and oxygen atoms in total. The van der Waals surface area contributed by atoms with E-state index < -0.39 is 64.5 Å². The summed E-state index contributed by atoms with van der Waals surface area (Å²) in [7, 11) is 0. The van der Waals surface area contributed by atoms with Gasteiger partial charge in [0, 0.05) is 37.2 Å². The van der Waals surface area contributed by atoms with Gasteiger partial charge in [-0.25, -0.2) is 0 Å². The molecule has 0 aliphatic heterocycles. The van der Waals surface area contributed by atoms with Gasteiger partial charge >= 0.3 is 11.9 Å². The first-order valence-corrected chi connectivity index (χ1v) is 11.3. The molecule has 4 aliphatic rings. The Morgan fingerprint density at radius 3 is 2.25 bits per heavy atom. The zero-order chi connectivity index (χ0) is 24.0. The molecule has 0 aromatic rings. The first kappa shape index (κ1) is 23.4. The molecule has 0 unspecified atom stereocenters. The van der Waals surface area contributed by atoms with Crippen molar-refractivity contribution in [1.82, 2.24) is 0 Å². The number of fused-ring (bicyclic) bond motifs is 3. The van der Waals surface area contributed by atoms with Gasteiger partial charge in [0.15, 0.2) is 5.78 Å². The maximum atomic E-state index is 13.7. The van der Waals surface area contributed by atoms with Crippen LogP contribution < -0.4 is 0 Å². The van der Waals surface area contributed by atoms with Crippen LogP contribution >= 0.6 is 0 Å². The van der Waals surface area contributed by atoms with Gasteiger partial charge in [-0.05, 0) is 30.6 Å². The molecule has 178 valence electrons. The molecule has 0 aromatic carbocycles. The van der Waals surface area contributed by atoms with Crippen LogP contribution in [0.5, 0.6) is 0 Å². The van der Waals surface area contributed by atoms with Crippen LogP contribution in [0.3, 0.4) is 0 Å². The van der Waals surface area contributed by atoms with Gasteiger partial charge in [-0.2, -0.15) is 0 Å². The van der Waals surface area contributed by atoms with Gasteiger partial charge in [-0.1, -0.05) is 27.4 Å². The summed E-state index contributed by atoms with van der Waals surface area (Å²) in [6.45, 7) is 12.4. The van der Waals surface area contributed by atoms with E-state index >= 15 is 0 Å². The van der Waals surface area contributed by atoms with Crippen LogP contribution in [-0.2, 0) is 23.9 Å². The molecule has 4 aliphatic carbocycles. The summed E-state index contributed by atoms with van der Waals surface area (Å²) in [6, 6.07) is 0. The normalized spacial score (nSPS) is 49.1. The fraction of sp³-hybridized carbons (Fsp3) is 0.792. The maximum Gasteiger partial charge on any atom is 0.302 e. The van der Waals surface area contributed by atoms with E-state index in [0.29, 0.717) is 6.42 Å². The van der Waals surface area contributed by atoms with Gasteiger partial charge < -0.3 is 24.8 Å². The lowest BCUT2D eigenvalue weighted by Gasteiger charge is -2.67. The molecular weight excluding hydrogens is 416 g/mol. The van der Waals surface area contributed by atoms with E-state index in [4.69, 9.17) is 9.47 Å². The fourth-order valence-electron chi connectivity index (χ4n) is 8.05. The highest BCUT2D eigenvalue weighted by molar-refractivity contribution is 6.06. The Kier molecular flexibility index (Phi) is 5.02. The monoisotopic (exact) mass is 450 g/mol. The summed E-state index contributed by atoms with van der Waals surface area (Å²) in [6.07, 6.45) is -3.24. The van der Waals surface area contributed by atoms with Crippen LogP contribution in [0.4, 0.5) is 0 Å². The number of hydrogen-bond donors (Lipinski definition) is 3. The lowest BCUT2D eigenvalue weighted by atomic mass is 9.38. The van der Waals surface area contributed by atoms with Crippen molar-refractivity contribution in [3.05, 3.63) is 12.2 Å². The molecule has 0 amide bonds. The van der Waals surface area contributed by atoms with Gasteiger partial charge in [0.2, 0.25) is 0 Å². The number of aliphatic hydroxyl groups is 3. The minimum Gasteiger partial charge on any atom is -0.462 e. The van der Waals surface area contributed by atoms with Gasteiger partial charge in [-0.3, -0.25) is 14.4 Å². The smallest absolute Gasteiger partial charge is 0.302 e. The second-order valence-corrected chi connectivity index (χ2v) is 11.2. The van der Waals surface area contributed by atoms with Gasteiger partial charge in [0.1, 0.15) is 23.9 Å². The van der Waals surface area contributed by atoms with Crippen LogP contribution in [0.25, 0.3) is 0 Å². The zero-order valence-electron chi connectivity index (χ0n) is 19.4. The lowest BCUT2D eigenvalue weighted by Crippen LogP contribution is -2.75. The quantitative estimate of drug-likeness (QED) is 0.424. The van der Waals surface area contributed by atoms with Crippen molar-refractivity contribution in [3.8, 4) is 0 Å². The van der Waals surface area contributed by atoms with E-state index in [1.165, 1.54) is 13.8 Å². The number of hydrogen-bond acceptors (Lipinski definition) is 8. The van der Waals surface area contributed by atoms with Crippen molar-refractivity contribution in [2.24, 2.45) is 28.1 Å². The third-order valence-corrected chi connectivity index (χ3v) is 9.24. The van der Waals surface area contributed by atoms with Crippen molar-refractivity contribution in [1.29, 1.82) is 0 Å². The van der Waals surface area contributed by atoms with Crippen LogP contribution in [-0.4, -0.2) is 63.1 Å². The Balaban J connectivity index is 2.00. The standard InChI is InChI=1S/C24H34O8/c1-11-19(28)24-16(27)9-15-21(4,5)8-7-17(32-13(3)26)22(15,6)18(24)14(31-12(2)25)10-23(11,30)20(24)29/h14-18,20,27,29-30H,1,7-10H2,2-6H3/t14-,15+,16+,17+,18+,20-,22-,23+,24+/m0/s1. The molecule has 2 bridgehead atoms. The molecule has 9 atom stereocenters. The third-order valence-electron chi connectivity index (χ3n) is 9.24. The number of rotatable bonds is 2. The summed E-state index contributed by atoms with van der Waals surface area (Å²) in [5.41, 5.74) is -5.16. The number of carbonyl (C=O) groups is 3. The fourth-order valence-corrected chi connectivity index (χ4v) is 8.05. The molecular formula is C24H34O8. The molecule has 4 fully saturated rings. The highest BCUT2D eigenvalue weighted by Crippen LogP contribution is 2.72. The first-order valence-electron chi connectivity index (χ1n) is 11.3. The average molecular weight is 451 g/mol. The minimum atomic E-state index is -2.00. The molecule has 8 heteroatoms. The molecule has 1 spiro atoms. The Hall–Kier alpha value is -1.77. The summed E-state index contributed by atoms with van der Waals surface area (Å²) in [4.78, 5) is 37.8. The third kappa shape index (κ3) is 2.63. The molecule has 4 rings (SSSR count). The Labute approximate surface area is 188 Å². The SMILES string of the molecule is C=C1C(=O)[C@@]23[C@H](O)C[C@@H]4C(C)(C)CC[C@@H](OC(C)=O)[C@@]4(C)[C@H]2[C@@H](OC(C)=O)C[C@]1(O)[C@@H]3O. The zero-order valence-corrected chi connectivity index (χ0v) is 19.4. The molecule has 0 saturated heterocycles. The molecule has 3 N–H and O–H groups in total. The van der Waals surface area contributed by atoms with Crippen molar-refractivity contribution < 1.29 is 39.2 Å². The Bertz CT molecular complexity index is 894. The topological polar surface area (TPSA) is 130 Å². The molecule has 32 heavy (non-hydrogen) atoms. The van der Waals surface area contributed by atoms with E-state index in [1.807, 2.05) is 6.92 Å². The average Bonchev–Trinajstić information content (AvgIpc) is 2.75. The van der Waals surface area contributed by atoms with Gasteiger partial charge in [0.05, 0.1) is 11.5 Å². The summed E-state index contributed by atoms with van der Waals surface area (Å²) >= 11 is 0. The van der Waals surface area contributed by atoms with Crippen molar-refractivity contribution in [3.63, 3.8) is 0 Å². The van der Waals surface area contributed by atoms with Crippen LogP contribution in [0, 0.1) is 28.1 Å². The lowest BCUT2D eigenvalue weighted by molar-refractivity contribution is -0.294. The number of ketones is 1. The van der Waals surface area contributed by atoms with Crippen LogP contribution in [0.15, 0.2) is 12.2 Å². The molecule has 0 radical (unpaired) electrons. The second kappa shape index (κ2) is 6.87. The minimum absolute atomic E-state index is 0.176. The van der Waals surface area contributed by atoms with Crippen molar-refractivity contribution in [2.75, 3.05) is 0 Å². The van der Waals surface area contributed by atoms with Crippen molar-refractivity contribution >= 4 is 17.7 Å². The molecule has 0 aromatic heterocycles. The molecule has 4 saturated carbocycles. The first-order chi connectivity index (χ1) is 14.6. The van der Waals surface area contributed by atoms with Crippen LogP contribution in [0.1, 0.15) is 60.3 Å². The summed E-state index contributed by atoms with van der Waals surface area (Å²) in [5.74, 6) is -2.74. The van der Waals surface area contributed by atoms with E-state index in [1.54, 1.807) is 0 Å². The van der Waals surface area contributed by atoms with E-state index in [9.17, 15) is 29.7 Å². The highest BCUT2D eigenvalue weighted by Gasteiger charge is 2.81. The summed E-state index contributed by atoms with van der Waals surface area (Å²) in [5, 5.41) is 34.2. The Morgan fingerprint density at radius 2 is 1.69 bits per heavy atom. The largest absolute Gasteiger partial charge is 0.462 e. The number of ether oxygens (including phenoxy) is 2. The van der Waals surface area contributed by atoms with E-state index in [-0.39, 0.29) is 29.7 Å². The van der Waals surface area contributed by atoms with E-state index in [2.05, 4.69) is 20.4 Å². The predicted octanol–water partition coefficient (Wildman–Crippen LogP) is 1.29. The second-order valence-electron chi connectivity index (χ2n) is 11.2. The van der Waals surface area contributed by atoms with Gasteiger partial charge in [-0.15, -0.1) is 0 Å². The highest BCUT2D eigenvalue weighted by atomic mass is 16.6. The van der Waals surface area contributed by atoms with E-state index in [0.717, 1.165) is 6.42 Å². The number of Topliss-reactive ketones (excluding diaryl/α,β-unsaturated/α-hetero) is 1. The van der Waals surface area contributed by atoms with Crippen molar-refractivity contribution in [2.45, 2.75) is 90.3 Å². The number of esters is 2. The van der Waals surface area contributed by atoms with Crippen LogP contribution in [0.2, 0.25) is 0 Å². The predicted molar refractivity (Wildman–Crippen MR) is 112 cm³/mol. The number of carbonyl (C=O) groups excluding carboxylic acids is 3.